The van der Waals surface area contributed by atoms with Crippen molar-refractivity contribution in [2.24, 2.45) is 5.73 Å². The largest absolute Gasteiger partial charge is 0.396 e. The fourth-order valence-corrected chi connectivity index (χ4v) is 2.95. The van der Waals surface area contributed by atoms with Crippen LogP contribution in [0, 0.1) is 0 Å². The number of nitrogens with zero attached hydrogens (tertiary/aromatic N) is 1. The van der Waals surface area contributed by atoms with E-state index in [-0.39, 0.29) is 12.5 Å². The van der Waals surface area contributed by atoms with Crippen LogP contribution in [0.3, 0.4) is 0 Å². The Morgan fingerprint density at radius 2 is 2.11 bits per heavy atom. The van der Waals surface area contributed by atoms with Crippen LogP contribution in [0.15, 0.2) is 34.9 Å². The summed E-state index contributed by atoms with van der Waals surface area (Å²) in [6.07, 6.45) is 2.43. The van der Waals surface area contributed by atoms with Gasteiger partial charge in [-0.2, -0.15) is 0 Å². The molecule has 4 heteroatoms. The summed E-state index contributed by atoms with van der Waals surface area (Å²) >= 11 is 3.55. The minimum Gasteiger partial charge on any atom is -0.396 e. The van der Waals surface area contributed by atoms with Gasteiger partial charge >= 0.3 is 0 Å². The molecule has 1 heterocycles. The lowest BCUT2D eigenvalue weighted by molar-refractivity contribution is 0.251. The minimum atomic E-state index is -0.402. The average Bonchev–Trinajstić information content (AvgIpc) is 2.36. The normalized spacial score (nSPS) is 13.7. The predicted molar refractivity (Wildman–Crippen MR) is 82.2 cm³/mol. The number of aliphatic hydroxyl groups excluding tert-OH is 1. The van der Waals surface area contributed by atoms with Crippen LogP contribution in [-0.2, 0) is 0 Å². The summed E-state index contributed by atoms with van der Waals surface area (Å²) in [6, 6.07) is 8.03. The van der Waals surface area contributed by atoms with Crippen molar-refractivity contribution in [3.05, 3.63) is 40.5 Å². The van der Waals surface area contributed by atoms with E-state index in [0.717, 1.165) is 20.9 Å². The highest BCUT2D eigenvalue weighted by Gasteiger charge is 2.28. The van der Waals surface area contributed by atoms with Crippen LogP contribution in [0.4, 0.5) is 0 Å². The van der Waals surface area contributed by atoms with E-state index in [1.165, 1.54) is 0 Å². The number of hydrogen-bond donors (Lipinski definition) is 2. The second-order valence-corrected chi connectivity index (χ2v) is 6.28. The van der Waals surface area contributed by atoms with Crippen molar-refractivity contribution in [2.75, 3.05) is 6.61 Å². The first kappa shape index (κ1) is 14.4. The Morgan fingerprint density at radius 1 is 1.37 bits per heavy atom. The molecule has 0 aliphatic rings. The highest BCUT2D eigenvalue weighted by Crippen LogP contribution is 2.35. The zero-order chi connectivity index (χ0) is 14.0. The van der Waals surface area contributed by atoms with Gasteiger partial charge in [-0.15, -0.1) is 0 Å². The summed E-state index contributed by atoms with van der Waals surface area (Å²) in [7, 11) is 0. The molecular formula is C15H19BrN2O. The van der Waals surface area contributed by atoms with Gasteiger partial charge in [0.2, 0.25) is 0 Å². The maximum absolute atomic E-state index is 9.30. The number of aliphatic hydroxyl groups is 1. The number of nitrogens with two attached hydrogens (primary N) is 1. The van der Waals surface area contributed by atoms with Gasteiger partial charge in [0, 0.05) is 34.1 Å². The van der Waals surface area contributed by atoms with Gasteiger partial charge in [0.1, 0.15) is 0 Å². The smallest absolute Gasteiger partial charge is 0.0748 e. The van der Waals surface area contributed by atoms with Gasteiger partial charge in [-0.05, 0) is 38.0 Å². The molecule has 2 aromatic rings. The molecule has 0 saturated carbocycles. The number of halogens is 1. The third-order valence-corrected chi connectivity index (χ3v) is 4.13. The van der Waals surface area contributed by atoms with Gasteiger partial charge in [0.15, 0.2) is 0 Å². The Balaban J connectivity index is 2.64. The number of hydrogen-bond acceptors (Lipinski definition) is 3. The van der Waals surface area contributed by atoms with Gasteiger partial charge < -0.3 is 10.8 Å². The summed E-state index contributed by atoms with van der Waals surface area (Å²) < 4.78 is 1.02. The molecule has 0 aliphatic heterocycles. The molecule has 0 bridgehead atoms. The van der Waals surface area contributed by atoms with Crippen LogP contribution in [0.25, 0.3) is 10.9 Å². The summed E-state index contributed by atoms with van der Waals surface area (Å²) in [6.45, 7) is 4.10. The summed E-state index contributed by atoms with van der Waals surface area (Å²) in [5.41, 5.74) is 7.92. The Labute approximate surface area is 122 Å². The number of benzene rings is 1. The first-order valence-corrected chi connectivity index (χ1v) is 7.17. The fourth-order valence-electron chi connectivity index (χ4n) is 2.50. The molecule has 0 spiro atoms. The molecule has 1 unspecified atom stereocenters. The molecule has 3 N–H and O–H groups in total. The molecule has 0 radical (unpaired) electrons. The van der Waals surface area contributed by atoms with Gasteiger partial charge in [0.05, 0.1) is 5.52 Å². The van der Waals surface area contributed by atoms with E-state index in [9.17, 15) is 5.11 Å². The second-order valence-electron chi connectivity index (χ2n) is 5.42. The minimum absolute atomic E-state index is 0.0722. The lowest BCUT2D eigenvalue weighted by Gasteiger charge is -2.31. The van der Waals surface area contributed by atoms with Crippen molar-refractivity contribution in [3.63, 3.8) is 0 Å². The Kier molecular flexibility index (Phi) is 4.23. The maximum Gasteiger partial charge on any atom is 0.0748 e. The molecule has 1 aromatic heterocycles. The van der Waals surface area contributed by atoms with Crippen LogP contribution in [-0.4, -0.2) is 22.2 Å². The third kappa shape index (κ3) is 2.96. The SMILES string of the molecule is CC(C)(N)C(CCO)c1ccc(Br)c2cccnc12. The molecule has 1 aromatic carbocycles. The molecule has 2 rings (SSSR count). The molecule has 3 nitrogen and oxygen atoms in total. The third-order valence-electron chi connectivity index (χ3n) is 3.44. The van der Waals surface area contributed by atoms with E-state index in [4.69, 9.17) is 5.73 Å². The van der Waals surface area contributed by atoms with E-state index in [1.54, 1.807) is 6.20 Å². The van der Waals surface area contributed by atoms with Crippen LogP contribution in [0.5, 0.6) is 0 Å². The van der Waals surface area contributed by atoms with Gasteiger partial charge in [-0.3, -0.25) is 4.98 Å². The van der Waals surface area contributed by atoms with E-state index >= 15 is 0 Å². The first-order chi connectivity index (χ1) is 8.95. The van der Waals surface area contributed by atoms with Gasteiger partial charge in [-0.1, -0.05) is 28.1 Å². The van der Waals surface area contributed by atoms with Crippen LogP contribution >= 0.6 is 15.9 Å². The molecule has 19 heavy (non-hydrogen) atoms. The van der Waals surface area contributed by atoms with Crippen molar-refractivity contribution >= 4 is 26.8 Å². The average molecular weight is 323 g/mol. The fraction of sp³-hybridized carbons (Fsp3) is 0.400. The number of rotatable bonds is 4. The maximum atomic E-state index is 9.30. The summed E-state index contributed by atoms with van der Waals surface area (Å²) in [5.74, 6) is 0.0722. The lowest BCUT2D eigenvalue weighted by Crippen LogP contribution is -2.39. The molecule has 0 aliphatic carbocycles. The molecular weight excluding hydrogens is 304 g/mol. The quantitative estimate of drug-likeness (QED) is 0.908. The molecule has 0 fully saturated rings. The topological polar surface area (TPSA) is 59.1 Å². The monoisotopic (exact) mass is 322 g/mol. The van der Waals surface area contributed by atoms with E-state index < -0.39 is 5.54 Å². The Hall–Kier alpha value is -0.970. The van der Waals surface area contributed by atoms with Gasteiger partial charge in [0.25, 0.3) is 0 Å². The number of pyridine rings is 1. The number of fused-ring (bicyclic) bond motifs is 1. The molecule has 1 atom stereocenters. The first-order valence-electron chi connectivity index (χ1n) is 6.38. The summed E-state index contributed by atoms with van der Waals surface area (Å²) in [5, 5.41) is 10.4. The molecule has 0 saturated heterocycles. The van der Waals surface area contributed by atoms with Crippen LogP contribution in [0.1, 0.15) is 31.7 Å². The highest BCUT2D eigenvalue weighted by molar-refractivity contribution is 9.10. The molecule has 102 valence electrons. The highest BCUT2D eigenvalue weighted by atomic mass is 79.9. The van der Waals surface area contributed by atoms with Gasteiger partial charge in [-0.25, -0.2) is 0 Å². The Morgan fingerprint density at radius 3 is 2.74 bits per heavy atom. The predicted octanol–water partition coefficient (Wildman–Crippen LogP) is 3.20. The standard InChI is InChI=1S/C15H19BrN2O/c1-15(2,17)12(7-9-19)10-5-6-13(16)11-4-3-8-18-14(10)11/h3-6,8,12,19H,7,9,17H2,1-2H3. The molecule has 0 amide bonds. The van der Waals surface area contributed by atoms with Crippen molar-refractivity contribution < 1.29 is 5.11 Å². The number of aromatic nitrogens is 1. The zero-order valence-electron chi connectivity index (χ0n) is 11.2. The van der Waals surface area contributed by atoms with Crippen molar-refractivity contribution in [2.45, 2.75) is 31.7 Å². The van der Waals surface area contributed by atoms with Crippen molar-refractivity contribution in [1.82, 2.24) is 4.98 Å². The van der Waals surface area contributed by atoms with Crippen LogP contribution < -0.4 is 5.73 Å². The zero-order valence-corrected chi connectivity index (χ0v) is 12.8. The van der Waals surface area contributed by atoms with E-state index in [1.807, 2.05) is 38.1 Å². The van der Waals surface area contributed by atoms with E-state index in [2.05, 4.69) is 20.9 Å². The second kappa shape index (κ2) is 5.57. The Bertz CT molecular complexity index is 578. The summed E-state index contributed by atoms with van der Waals surface area (Å²) in [4.78, 5) is 4.49. The van der Waals surface area contributed by atoms with E-state index in [0.29, 0.717) is 6.42 Å². The van der Waals surface area contributed by atoms with Crippen molar-refractivity contribution in [3.8, 4) is 0 Å². The van der Waals surface area contributed by atoms with Crippen LogP contribution in [0.2, 0.25) is 0 Å². The lowest BCUT2D eigenvalue weighted by atomic mass is 9.80. The van der Waals surface area contributed by atoms with Crippen molar-refractivity contribution in [1.29, 1.82) is 0 Å².